The molecule has 0 saturated heterocycles. The van der Waals surface area contributed by atoms with Crippen LogP contribution in [0.15, 0.2) is 24.3 Å². The van der Waals surface area contributed by atoms with E-state index in [0.717, 1.165) is 23.9 Å². The summed E-state index contributed by atoms with van der Waals surface area (Å²) in [5.74, 6) is -0.653. The molecular formula is C13H13N5O5. The Morgan fingerprint density at radius 1 is 1.17 bits per heavy atom. The monoisotopic (exact) mass is 319 g/mol. The lowest BCUT2D eigenvalue weighted by Gasteiger charge is -2.03. The molecular weight excluding hydrogens is 306 g/mol. The minimum Gasteiger partial charge on any atom is -0.346 e. The number of nitrogens with one attached hydrogen (secondary N) is 1. The van der Waals surface area contributed by atoms with E-state index in [9.17, 15) is 25.0 Å². The fourth-order valence-electron chi connectivity index (χ4n) is 1.93. The van der Waals surface area contributed by atoms with Gasteiger partial charge in [-0.05, 0) is 13.0 Å². The number of hydrogen-bond acceptors (Lipinski definition) is 6. The molecule has 120 valence electrons. The van der Waals surface area contributed by atoms with E-state index < -0.39 is 27.1 Å². The number of aromatic nitrogens is 2. The Kier molecular flexibility index (Phi) is 4.35. The minimum atomic E-state index is -0.786. The van der Waals surface area contributed by atoms with Gasteiger partial charge in [0.05, 0.1) is 33.7 Å². The Hall–Kier alpha value is -3.30. The molecule has 0 bridgehead atoms. The maximum atomic E-state index is 12.1. The lowest BCUT2D eigenvalue weighted by molar-refractivity contribution is -0.394. The molecule has 2 rings (SSSR count). The highest BCUT2D eigenvalue weighted by molar-refractivity contribution is 5.95. The van der Waals surface area contributed by atoms with Gasteiger partial charge in [0.2, 0.25) is 0 Å². The van der Waals surface area contributed by atoms with E-state index in [0.29, 0.717) is 5.69 Å². The number of hydrogen-bond donors (Lipinski definition) is 1. The highest BCUT2D eigenvalue weighted by Gasteiger charge is 2.19. The SMILES string of the molecule is Cc1cc(CNC(=O)c2cc([N+](=O)[O-])cc([N+](=O)[O-])c2)nn1C. The maximum Gasteiger partial charge on any atom is 0.277 e. The minimum absolute atomic E-state index is 0.108. The van der Waals surface area contributed by atoms with Crippen LogP contribution in [0.2, 0.25) is 0 Å². The number of nitro groups is 2. The van der Waals surface area contributed by atoms with Crippen LogP contribution < -0.4 is 5.32 Å². The molecule has 0 aliphatic rings. The standard InChI is InChI=1S/C13H13N5O5/c1-8-3-10(15-16(8)2)7-14-13(19)9-4-11(17(20)21)6-12(5-9)18(22)23/h3-6H,7H2,1-2H3,(H,14,19). The Morgan fingerprint density at radius 3 is 2.17 bits per heavy atom. The van der Waals surface area contributed by atoms with Crippen LogP contribution in [0.5, 0.6) is 0 Å². The number of non-ortho nitro benzene ring substituents is 2. The molecule has 10 heteroatoms. The number of rotatable bonds is 5. The van der Waals surface area contributed by atoms with E-state index in [1.54, 1.807) is 17.8 Å². The van der Waals surface area contributed by atoms with Gasteiger partial charge in [-0.1, -0.05) is 0 Å². The summed E-state index contributed by atoms with van der Waals surface area (Å²) >= 11 is 0. The van der Waals surface area contributed by atoms with Crippen LogP contribution in [0.25, 0.3) is 0 Å². The quantitative estimate of drug-likeness (QED) is 0.655. The third kappa shape index (κ3) is 3.67. The summed E-state index contributed by atoms with van der Waals surface area (Å²) in [6.45, 7) is 1.96. The van der Waals surface area contributed by atoms with Gasteiger partial charge in [-0.2, -0.15) is 5.10 Å². The molecule has 1 aromatic carbocycles. The topological polar surface area (TPSA) is 133 Å². The van der Waals surface area contributed by atoms with Crippen molar-refractivity contribution in [2.45, 2.75) is 13.5 Å². The second-order valence-corrected chi connectivity index (χ2v) is 4.84. The van der Waals surface area contributed by atoms with Crippen LogP contribution in [0, 0.1) is 27.2 Å². The molecule has 1 aromatic heterocycles. The first-order valence-electron chi connectivity index (χ1n) is 6.49. The lowest BCUT2D eigenvalue weighted by atomic mass is 10.1. The summed E-state index contributed by atoms with van der Waals surface area (Å²) < 4.78 is 1.64. The number of carbonyl (C=O) groups is 1. The van der Waals surface area contributed by atoms with Crippen LogP contribution >= 0.6 is 0 Å². The van der Waals surface area contributed by atoms with E-state index in [1.165, 1.54) is 0 Å². The number of aryl methyl sites for hydroxylation is 2. The first-order chi connectivity index (χ1) is 10.8. The van der Waals surface area contributed by atoms with Crippen molar-refractivity contribution >= 4 is 17.3 Å². The molecule has 1 N–H and O–H groups in total. The third-order valence-corrected chi connectivity index (χ3v) is 3.18. The van der Waals surface area contributed by atoms with Crippen molar-refractivity contribution in [1.82, 2.24) is 15.1 Å². The van der Waals surface area contributed by atoms with E-state index in [-0.39, 0.29) is 12.1 Å². The van der Waals surface area contributed by atoms with Crippen molar-refractivity contribution in [3.8, 4) is 0 Å². The number of amides is 1. The highest BCUT2D eigenvalue weighted by Crippen LogP contribution is 2.22. The highest BCUT2D eigenvalue weighted by atomic mass is 16.6. The summed E-state index contributed by atoms with van der Waals surface area (Å²) in [4.78, 5) is 32.1. The second-order valence-electron chi connectivity index (χ2n) is 4.84. The number of carbonyl (C=O) groups excluding carboxylic acids is 1. The molecule has 2 aromatic rings. The van der Waals surface area contributed by atoms with Gasteiger partial charge in [0.1, 0.15) is 0 Å². The summed E-state index contributed by atoms with van der Waals surface area (Å²) in [5, 5.41) is 28.3. The van der Waals surface area contributed by atoms with Crippen molar-refractivity contribution in [3.63, 3.8) is 0 Å². The van der Waals surface area contributed by atoms with Gasteiger partial charge in [0.15, 0.2) is 0 Å². The zero-order valence-corrected chi connectivity index (χ0v) is 12.3. The summed E-state index contributed by atoms with van der Waals surface area (Å²) in [6, 6.07) is 4.56. The van der Waals surface area contributed by atoms with Crippen LogP contribution in [0.3, 0.4) is 0 Å². The van der Waals surface area contributed by atoms with Gasteiger partial charge >= 0.3 is 0 Å². The van der Waals surface area contributed by atoms with Gasteiger partial charge in [-0.15, -0.1) is 0 Å². The molecule has 1 amide bonds. The summed E-state index contributed by atoms with van der Waals surface area (Å²) in [7, 11) is 1.75. The summed E-state index contributed by atoms with van der Waals surface area (Å²) in [5.41, 5.74) is 0.327. The molecule has 0 unspecified atom stereocenters. The predicted molar refractivity (Wildman–Crippen MR) is 78.9 cm³/mol. The van der Waals surface area contributed by atoms with Gasteiger partial charge in [0, 0.05) is 24.9 Å². The van der Waals surface area contributed by atoms with Crippen molar-refractivity contribution in [2.75, 3.05) is 0 Å². The maximum absolute atomic E-state index is 12.1. The first kappa shape index (κ1) is 16.1. The van der Waals surface area contributed by atoms with Gasteiger partial charge in [-0.3, -0.25) is 29.7 Å². The van der Waals surface area contributed by atoms with Crippen LogP contribution in [-0.4, -0.2) is 25.5 Å². The van der Waals surface area contributed by atoms with Crippen LogP contribution in [-0.2, 0) is 13.6 Å². The van der Waals surface area contributed by atoms with Gasteiger partial charge in [0.25, 0.3) is 17.3 Å². The molecule has 0 radical (unpaired) electrons. The van der Waals surface area contributed by atoms with Crippen molar-refractivity contribution < 1.29 is 14.6 Å². The van der Waals surface area contributed by atoms with Gasteiger partial charge < -0.3 is 5.32 Å². The van der Waals surface area contributed by atoms with E-state index in [1.807, 2.05) is 6.92 Å². The average molecular weight is 319 g/mol. The number of nitrogens with zero attached hydrogens (tertiary/aromatic N) is 4. The zero-order valence-electron chi connectivity index (χ0n) is 12.3. The van der Waals surface area contributed by atoms with Crippen molar-refractivity contribution in [3.05, 3.63) is 61.4 Å². The zero-order chi connectivity index (χ0) is 17.1. The largest absolute Gasteiger partial charge is 0.346 e. The normalized spacial score (nSPS) is 10.3. The van der Waals surface area contributed by atoms with Crippen LogP contribution in [0.4, 0.5) is 11.4 Å². The predicted octanol–water partition coefficient (Wildman–Crippen LogP) is 1.47. The molecule has 0 fully saturated rings. The molecule has 0 saturated carbocycles. The molecule has 0 aliphatic heterocycles. The Bertz CT molecular complexity index is 746. The second kappa shape index (κ2) is 6.22. The fourth-order valence-corrected chi connectivity index (χ4v) is 1.93. The molecule has 0 spiro atoms. The smallest absolute Gasteiger partial charge is 0.277 e. The number of nitro benzene ring substituents is 2. The Labute approximate surface area is 130 Å². The first-order valence-corrected chi connectivity index (χ1v) is 6.49. The molecule has 23 heavy (non-hydrogen) atoms. The van der Waals surface area contributed by atoms with Crippen molar-refractivity contribution in [1.29, 1.82) is 0 Å². The Morgan fingerprint density at radius 2 is 1.74 bits per heavy atom. The molecule has 0 aliphatic carbocycles. The van der Waals surface area contributed by atoms with Gasteiger partial charge in [-0.25, -0.2) is 0 Å². The van der Waals surface area contributed by atoms with E-state index >= 15 is 0 Å². The summed E-state index contributed by atoms with van der Waals surface area (Å²) in [6.07, 6.45) is 0. The molecule has 1 heterocycles. The fraction of sp³-hybridized carbons (Fsp3) is 0.231. The van der Waals surface area contributed by atoms with E-state index in [2.05, 4.69) is 10.4 Å². The van der Waals surface area contributed by atoms with Crippen molar-refractivity contribution in [2.24, 2.45) is 7.05 Å². The molecule has 10 nitrogen and oxygen atoms in total. The lowest BCUT2D eigenvalue weighted by Crippen LogP contribution is -2.23. The van der Waals surface area contributed by atoms with E-state index in [4.69, 9.17) is 0 Å². The number of benzene rings is 1. The third-order valence-electron chi connectivity index (χ3n) is 3.18. The Balaban J connectivity index is 2.20. The average Bonchev–Trinajstić information content (AvgIpc) is 2.82. The van der Waals surface area contributed by atoms with Crippen LogP contribution in [0.1, 0.15) is 21.7 Å². The molecule has 0 atom stereocenters.